The average Bonchev–Trinajstić information content (AvgIpc) is 3.03. The Morgan fingerprint density at radius 3 is 2.04 bits per heavy atom. The Bertz CT molecular complexity index is 447. The second-order valence-electron chi connectivity index (χ2n) is 7.20. The summed E-state index contributed by atoms with van der Waals surface area (Å²) in [5.41, 5.74) is -0.161. The van der Waals surface area contributed by atoms with Gasteiger partial charge in [-0.2, -0.15) is 0 Å². The van der Waals surface area contributed by atoms with Crippen LogP contribution in [0.15, 0.2) is 13.2 Å². The number of esters is 1. The molecule has 0 bridgehead atoms. The van der Waals surface area contributed by atoms with Gasteiger partial charge < -0.3 is 20.1 Å². The maximum Gasteiger partial charge on any atom is 0.328 e. The largest absolute Gasteiger partial charge is 0.467 e. The molecule has 2 unspecified atom stereocenters. The molecule has 0 aromatic carbocycles. The topological polar surface area (TPSA) is 95.9 Å². The Balaban J connectivity index is -0.000000789. The zero-order valence-corrected chi connectivity index (χ0v) is 19.1. The van der Waals surface area contributed by atoms with E-state index in [9.17, 15) is 19.5 Å². The number of nitrogens with one attached hydrogen (secondary N) is 1. The molecule has 7 nitrogen and oxygen atoms in total. The molecule has 1 fully saturated rings. The van der Waals surface area contributed by atoms with E-state index in [2.05, 4.69) is 37.1 Å². The normalized spacial score (nSPS) is 17.5. The second-order valence-corrected chi connectivity index (χ2v) is 7.20. The minimum atomic E-state index is -0.781. The lowest BCUT2D eigenvalue weighted by molar-refractivity contribution is -0.150. The van der Waals surface area contributed by atoms with Crippen molar-refractivity contribution < 1.29 is 24.2 Å². The summed E-state index contributed by atoms with van der Waals surface area (Å²) in [6.07, 6.45) is 0.973. The molecule has 0 spiro atoms. The zero-order valence-electron chi connectivity index (χ0n) is 19.1. The summed E-state index contributed by atoms with van der Waals surface area (Å²) < 4.78 is 4.62. The van der Waals surface area contributed by atoms with Crippen molar-refractivity contribution >= 4 is 17.8 Å². The van der Waals surface area contributed by atoms with Crippen LogP contribution in [0.25, 0.3) is 0 Å². The van der Waals surface area contributed by atoms with Crippen molar-refractivity contribution in [3.05, 3.63) is 13.2 Å². The van der Waals surface area contributed by atoms with Gasteiger partial charge in [0.1, 0.15) is 6.04 Å². The van der Waals surface area contributed by atoms with Crippen LogP contribution in [0.4, 0.5) is 0 Å². The van der Waals surface area contributed by atoms with E-state index >= 15 is 0 Å². The van der Waals surface area contributed by atoms with Crippen molar-refractivity contribution in [1.82, 2.24) is 10.2 Å². The Morgan fingerprint density at radius 2 is 1.64 bits per heavy atom. The third-order valence-corrected chi connectivity index (χ3v) is 3.20. The molecule has 1 aliphatic rings. The van der Waals surface area contributed by atoms with E-state index in [1.54, 1.807) is 0 Å². The third kappa shape index (κ3) is 14.2. The van der Waals surface area contributed by atoms with Gasteiger partial charge in [0.05, 0.1) is 19.8 Å². The van der Waals surface area contributed by atoms with Gasteiger partial charge in [-0.1, -0.05) is 54.9 Å². The van der Waals surface area contributed by atoms with E-state index in [1.807, 2.05) is 34.6 Å². The molecule has 166 valence electrons. The van der Waals surface area contributed by atoms with E-state index in [-0.39, 0.29) is 30.8 Å². The first kappa shape index (κ1) is 30.8. The van der Waals surface area contributed by atoms with E-state index in [0.29, 0.717) is 6.42 Å². The van der Waals surface area contributed by atoms with Crippen molar-refractivity contribution in [1.29, 1.82) is 0 Å². The molecule has 2 N–H and O–H groups in total. The van der Waals surface area contributed by atoms with Gasteiger partial charge in [0.25, 0.3) is 0 Å². The van der Waals surface area contributed by atoms with Crippen LogP contribution in [0.2, 0.25) is 0 Å². The molecule has 1 heterocycles. The summed E-state index contributed by atoms with van der Waals surface area (Å²) >= 11 is 0. The minimum Gasteiger partial charge on any atom is -0.467 e. The highest BCUT2D eigenvalue weighted by molar-refractivity contribution is 5.89. The maximum atomic E-state index is 12.1. The highest BCUT2D eigenvalue weighted by Gasteiger charge is 2.39. The van der Waals surface area contributed by atoms with E-state index in [1.165, 1.54) is 18.4 Å². The number of ether oxygens (including phenoxy) is 1. The van der Waals surface area contributed by atoms with Gasteiger partial charge in [0.15, 0.2) is 0 Å². The summed E-state index contributed by atoms with van der Waals surface area (Å²) in [5, 5.41) is 12.1. The number of carbonyl (C=O) groups is 3. The van der Waals surface area contributed by atoms with Gasteiger partial charge in [0.2, 0.25) is 11.8 Å². The average molecular weight is 403 g/mol. The molecular weight excluding hydrogens is 360 g/mol. The molecule has 28 heavy (non-hydrogen) atoms. The Morgan fingerprint density at radius 1 is 1.18 bits per heavy atom. The van der Waals surface area contributed by atoms with Gasteiger partial charge in [-0.15, -0.1) is 13.2 Å². The molecule has 2 atom stereocenters. The molecule has 1 saturated heterocycles. The number of carbonyl (C=O) groups excluding carboxylic acids is 3. The molecule has 0 aromatic heterocycles. The van der Waals surface area contributed by atoms with Crippen LogP contribution >= 0.6 is 0 Å². The van der Waals surface area contributed by atoms with Gasteiger partial charge in [-0.25, -0.2) is 4.79 Å². The van der Waals surface area contributed by atoms with Crippen LogP contribution in [0.5, 0.6) is 0 Å². The third-order valence-electron chi connectivity index (χ3n) is 3.20. The molecule has 0 radical (unpaired) electrons. The van der Waals surface area contributed by atoms with Crippen molar-refractivity contribution in [3.8, 4) is 0 Å². The van der Waals surface area contributed by atoms with Crippen LogP contribution < -0.4 is 5.32 Å². The standard InChI is InChI=1S/C14H24N2O5.C3H8.C2H6.C2H4/c1-14(2,3)6-11(18)15-7-12(19)16-8-9(17)5-10(16)13(20)21-4;1-3-2;2*1-2/h9-10,17H,5-8H2,1-4H3,(H,15,18);3H2,1-2H3;1-2H3;1-2H2. The maximum absolute atomic E-state index is 12.1. The number of nitrogens with zero attached hydrogens (tertiary/aromatic N) is 1. The lowest BCUT2D eigenvalue weighted by atomic mass is 9.92. The Kier molecular flexibility index (Phi) is 19.0. The molecule has 1 rings (SSSR count). The minimum absolute atomic E-state index is 0.0771. The smallest absolute Gasteiger partial charge is 0.328 e. The lowest BCUT2D eigenvalue weighted by Gasteiger charge is -2.23. The number of β-amino-alcohol motifs (C(OH)–C–C–N with tert-alkyl or cyclic N) is 1. The first-order valence-electron chi connectivity index (χ1n) is 9.87. The van der Waals surface area contributed by atoms with E-state index in [0.717, 1.165) is 0 Å². The summed E-state index contributed by atoms with van der Waals surface area (Å²) in [6, 6.07) is -0.781. The molecule has 7 heteroatoms. The quantitative estimate of drug-likeness (QED) is 0.557. The monoisotopic (exact) mass is 402 g/mol. The van der Waals surface area contributed by atoms with E-state index < -0.39 is 24.0 Å². The molecule has 0 aliphatic carbocycles. The highest BCUT2D eigenvalue weighted by Crippen LogP contribution is 2.20. The summed E-state index contributed by atoms with van der Waals surface area (Å²) in [5.74, 6) is -1.17. The molecule has 2 amide bonds. The van der Waals surface area contributed by atoms with Crippen LogP contribution in [0.3, 0.4) is 0 Å². The van der Waals surface area contributed by atoms with Gasteiger partial charge in [0, 0.05) is 19.4 Å². The van der Waals surface area contributed by atoms with Crippen molar-refractivity contribution in [2.24, 2.45) is 5.41 Å². The number of likely N-dealkylation sites (tertiary alicyclic amines) is 1. The van der Waals surface area contributed by atoms with E-state index in [4.69, 9.17) is 0 Å². The number of hydrogen-bond acceptors (Lipinski definition) is 5. The molecule has 0 saturated carbocycles. The predicted molar refractivity (Wildman–Crippen MR) is 114 cm³/mol. The summed E-state index contributed by atoms with van der Waals surface area (Å²) in [7, 11) is 1.24. The van der Waals surface area contributed by atoms with Crippen molar-refractivity contribution in [2.75, 3.05) is 20.2 Å². The molecule has 0 aromatic rings. The fraction of sp³-hybridized carbons (Fsp3) is 0.762. The first-order valence-corrected chi connectivity index (χ1v) is 9.87. The lowest BCUT2D eigenvalue weighted by Crippen LogP contribution is -2.46. The van der Waals surface area contributed by atoms with Crippen LogP contribution in [0, 0.1) is 5.41 Å². The Hall–Kier alpha value is -1.89. The fourth-order valence-corrected chi connectivity index (χ4v) is 2.27. The van der Waals surface area contributed by atoms with Crippen LogP contribution in [-0.2, 0) is 19.1 Å². The SMILES string of the molecule is C=C.CC.CCC.COC(=O)C1CC(O)CN1C(=O)CNC(=O)CC(C)(C)C. The number of methoxy groups -OCH3 is 1. The molecule has 1 aliphatic heterocycles. The summed E-state index contributed by atoms with van der Waals surface area (Å²) in [6.45, 7) is 19.9. The number of amides is 2. The van der Waals surface area contributed by atoms with Crippen molar-refractivity contribution in [3.63, 3.8) is 0 Å². The Labute approximate surface area is 171 Å². The van der Waals surface area contributed by atoms with Gasteiger partial charge in [-0.05, 0) is 5.41 Å². The highest BCUT2D eigenvalue weighted by atomic mass is 16.5. The number of aliphatic hydroxyl groups excluding tert-OH is 1. The number of hydrogen-bond donors (Lipinski definition) is 2. The van der Waals surface area contributed by atoms with Crippen LogP contribution in [-0.4, -0.2) is 60.1 Å². The van der Waals surface area contributed by atoms with Crippen molar-refractivity contribution in [2.45, 2.75) is 79.9 Å². The van der Waals surface area contributed by atoms with Gasteiger partial charge in [-0.3, -0.25) is 9.59 Å². The zero-order chi connectivity index (χ0) is 22.9. The number of rotatable bonds is 4. The van der Waals surface area contributed by atoms with Gasteiger partial charge >= 0.3 is 5.97 Å². The first-order chi connectivity index (χ1) is 13.1. The molecular formula is C21H42N2O5. The fourth-order valence-electron chi connectivity index (χ4n) is 2.27. The second kappa shape index (κ2) is 17.2. The number of aliphatic hydroxyl groups is 1. The predicted octanol–water partition coefficient (Wildman–Crippen LogP) is 2.92. The summed E-state index contributed by atoms with van der Waals surface area (Å²) in [4.78, 5) is 36.6. The van der Waals surface area contributed by atoms with Crippen LogP contribution in [0.1, 0.15) is 67.7 Å².